The van der Waals surface area contributed by atoms with E-state index in [2.05, 4.69) is 16.0 Å². The average Bonchev–Trinajstić information content (AvgIpc) is 3.54. The largest absolute Gasteiger partial charge is 0.490 e. The molecule has 0 aliphatic carbocycles. The van der Waals surface area contributed by atoms with Gasteiger partial charge in [-0.1, -0.05) is 6.07 Å². The number of rotatable bonds is 5. The number of aryl methyl sites for hydroxylation is 1. The molecule has 0 unspecified atom stereocenters. The molecule has 9 nitrogen and oxygen atoms in total. The SMILES string of the molecule is Cc1ccc(CN2CC[C@]3(C[C@H](OCc4cccnc4)CO3)C2)o1.O=C(O)C(F)(F)F.O=C(O)C(F)(F)F. The number of nitrogens with zero attached hydrogens (tertiary/aromatic N) is 2. The van der Waals surface area contributed by atoms with Gasteiger partial charge in [-0.05, 0) is 37.1 Å². The molecule has 15 heteroatoms. The number of hydrogen-bond acceptors (Lipinski definition) is 7. The summed E-state index contributed by atoms with van der Waals surface area (Å²) in [6.07, 6.45) is -4.31. The van der Waals surface area contributed by atoms with Crippen LogP contribution in [0.4, 0.5) is 26.3 Å². The Morgan fingerprint density at radius 1 is 1.13 bits per heavy atom. The summed E-state index contributed by atoms with van der Waals surface area (Å²) in [5.41, 5.74) is 1.07. The first kappa shape index (κ1) is 31.1. The van der Waals surface area contributed by atoms with Crippen molar-refractivity contribution in [2.45, 2.75) is 57.0 Å². The summed E-state index contributed by atoms with van der Waals surface area (Å²) in [6, 6.07) is 8.07. The third kappa shape index (κ3) is 10.3. The topological polar surface area (TPSA) is 122 Å². The van der Waals surface area contributed by atoms with Gasteiger partial charge in [-0.25, -0.2) is 9.59 Å². The molecule has 2 saturated heterocycles. The van der Waals surface area contributed by atoms with Gasteiger partial charge < -0.3 is 24.1 Å². The Morgan fingerprint density at radius 2 is 1.76 bits per heavy atom. The number of ether oxygens (including phenoxy) is 2. The van der Waals surface area contributed by atoms with Crippen LogP contribution in [0.1, 0.15) is 29.9 Å². The average molecular weight is 556 g/mol. The summed E-state index contributed by atoms with van der Waals surface area (Å²) in [4.78, 5) is 24.3. The molecule has 1 spiro atoms. The number of carboxylic acids is 2. The summed E-state index contributed by atoms with van der Waals surface area (Å²) >= 11 is 0. The van der Waals surface area contributed by atoms with Crippen LogP contribution in [0.2, 0.25) is 0 Å². The van der Waals surface area contributed by atoms with Gasteiger partial charge >= 0.3 is 24.3 Å². The lowest BCUT2D eigenvalue weighted by atomic mass is 9.98. The summed E-state index contributed by atoms with van der Waals surface area (Å²) in [5, 5.41) is 14.2. The van der Waals surface area contributed by atoms with Crippen molar-refractivity contribution in [1.29, 1.82) is 0 Å². The Bertz CT molecular complexity index is 1020. The third-order valence-corrected chi connectivity index (χ3v) is 5.44. The highest BCUT2D eigenvalue weighted by atomic mass is 19.4. The number of alkyl halides is 6. The van der Waals surface area contributed by atoms with E-state index in [4.69, 9.17) is 33.7 Å². The Morgan fingerprint density at radius 3 is 2.26 bits per heavy atom. The second-order valence-electron chi connectivity index (χ2n) is 8.57. The normalized spacial score (nSPS) is 21.4. The minimum Gasteiger partial charge on any atom is -0.475 e. The first-order valence-corrected chi connectivity index (χ1v) is 11.1. The number of likely N-dealkylation sites (tertiary alicyclic amines) is 1. The number of halogens is 6. The van der Waals surface area contributed by atoms with Crippen LogP contribution >= 0.6 is 0 Å². The van der Waals surface area contributed by atoms with E-state index in [1.54, 1.807) is 6.20 Å². The third-order valence-electron chi connectivity index (χ3n) is 5.44. The molecule has 212 valence electrons. The molecular formula is C23H26F6N2O7. The first-order chi connectivity index (χ1) is 17.6. The number of hydrogen-bond donors (Lipinski definition) is 2. The van der Waals surface area contributed by atoms with Crippen molar-refractivity contribution in [3.05, 3.63) is 53.7 Å². The van der Waals surface area contributed by atoms with Crippen LogP contribution in [0.5, 0.6) is 0 Å². The van der Waals surface area contributed by atoms with Crippen LogP contribution in [0.25, 0.3) is 0 Å². The van der Waals surface area contributed by atoms with Gasteiger partial charge in [0.25, 0.3) is 0 Å². The summed E-state index contributed by atoms with van der Waals surface area (Å²) in [7, 11) is 0. The molecule has 38 heavy (non-hydrogen) atoms. The number of carbonyl (C=O) groups is 2. The molecule has 0 radical (unpaired) electrons. The van der Waals surface area contributed by atoms with Gasteiger partial charge in [0.05, 0.1) is 31.5 Å². The standard InChI is InChI=1S/C19H24N2O3.2C2HF3O2/c1-15-4-5-17(24-15)11-21-8-6-19(14-21)9-18(13-23-19)22-12-16-3-2-7-20-10-16;2*3-2(4,5)1(6)7/h2-5,7,10,18H,6,8-9,11-14H2,1H3;2*(H,6,7)/t18-,19-;;/m0../s1. The smallest absolute Gasteiger partial charge is 0.475 e. The van der Waals surface area contributed by atoms with Crippen LogP contribution in [-0.4, -0.2) is 75.8 Å². The zero-order chi connectivity index (χ0) is 28.6. The Kier molecular flexibility index (Phi) is 10.7. The zero-order valence-corrected chi connectivity index (χ0v) is 20.1. The van der Waals surface area contributed by atoms with E-state index in [1.807, 2.05) is 31.3 Å². The molecule has 0 amide bonds. The van der Waals surface area contributed by atoms with E-state index in [1.165, 1.54) is 0 Å². The van der Waals surface area contributed by atoms with E-state index >= 15 is 0 Å². The predicted molar refractivity (Wildman–Crippen MR) is 117 cm³/mol. The molecular weight excluding hydrogens is 530 g/mol. The van der Waals surface area contributed by atoms with Crippen molar-refractivity contribution in [3.63, 3.8) is 0 Å². The molecule has 4 rings (SSSR count). The predicted octanol–water partition coefficient (Wildman–Crippen LogP) is 4.20. The van der Waals surface area contributed by atoms with Crippen LogP contribution < -0.4 is 0 Å². The maximum absolute atomic E-state index is 10.6. The van der Waals surface area contributed by atoms with E-state index in [9.17, 15) is 26.3 Å². The number of furan rings is 1. The van der Waals surface area contributed by atoms with Gasteiger partial charge in [0.1, 0.15) is 11.5 Å². The van der Waals surface area contributed by atoms with Gasteiger partial charge in [0.2, 0.25) is 0 Å². The number of pyridine rings is 1. The molecule has 2 atom stereocenters. The minimum absolute atomic E-state index is 0.0404. The number of aliphatic carboxylic acids is 2. The molecule has 4 heterocycles. The van der Waals surface area contributed by atoms with Crippen molar-refractivity contribution < 1.29 is 60.0 Å². The van der Waals surface area contributed by atoms with Crippen molar-refractivity contribution >= 4 is 11.9 Å². The lowest BCUT2D eigenvalue weighted by molar-refractivity contribution is -0.193. The van der Waals surface area contributed by atoms with E-state index < -0.39 is 24.3 Å². The highest BCUT2D eigenvalue weighted by Gasteiger charge is 2.46. The quantitative estimate of drug-likeness (QED) is 0.522. The molecule has 0 aromatic carbocycles. The lowest BCUT2D eigenvalue weighted by Crippen LogP contribution is -2.32. The van der Waals surface area contributed by atoms with Gasteiger partial charge in [0.15, 0.2) is 0 Å². The van der Waals surface area contributed by atoms with Crippen LogP contribution in [-0.2, 0) is 32.2 Å². The highest BCUT2D eigenvalue weighted by Crippen LogP contribution is 2.37. The first-order valence-electron chi connectivity index (χ1n) is 11.1. The zero-order valence-electron chi connectivity index (χ0n) is 20.1. The second-order valence-corrected chi connectivity index (χ2v) is 8.57. The fourth-order valence-corrected chi connectivity index (χ4v) is 3.74. The van der Waals surface area contributed by atoms with Crippen molar-refractivity contribution in [3.8, 4) is 0 Å². The van der Waals surface area contributed by atoms with Crippen molar-refractivity contribution in [2.24, 2.45) is 0 Å². The second kappa shape index (κ2) is 13.1. The Labute approximate surface area is 213 Å². The molecule has 0 bridgehead atoms. The molecule has 2 aliphatic heterocycles. The Balaban J connectivity index is 0.000000301. The Hall–Kier alpha value is -3.17. The van der Waals surface area contributed by atoms with Crippen molar-refractivity contribution in [1.82, 2.24) is 9.88 Å². The maximum atomic E-state index is 10.6. The molecule has 2 aliphatic rings. The number of carboxylic acid groups (broad SMARTS) is 2. The summed E-state index contributed by atoms with van der Waals surface area (Å²) in [5.74, 6) is -3.51. The van der Waals surface area contributed by atoms with Crippen molar-refractivity contribution in [2.75, 3.05) is 19.7 Å². The van der Waals surface area contributed by atoms with Gasteiger partial charge in [-0.15, -0.1) is 0 Å². The van der Waals surface area contributed by atoms with Gasteiger partial charge in [-0.2, -0.15) is 26.3 Å². The lowest BCUT2D eigenvalue weighted by Gasteiger charge is -2.23. The molecule has 2 fully saturated rings. The van der Waals surface area contributed by atoms with E-state index in [0.717, 1.165) is 49.6 Å². The summed E-state index contributed by atoms with van der Waals surface area (Å²) < 4.78 is 81.4. The van der Waals surface area contributed by atoms with Crippen LogP contribution in [0, 0.1) is 6.92 Å². The van der Waals surface area contributed by atoms with Gasteiger partial charge in [-0.3, -0.25) is 9.88 Å². The summed E-state index contributed by atoms with van der Waals surface area (Å²) in [6.45, 7) is 6.15. The monoisotopic (exact) mass is 556 g/mol. The van der Waals surface area contributed by atoms with Crippen LogP contribution in [0.15, 0.2) is 41.1 Å². The fraction of sp³-hybridized carbons (Fsp3) is 0.522. The van der Waals surface area contributed by atoms with E-state index in [-0.39, 0.29) is 11.7 Å². The highest BCUT2D eigenvalue weighted by molar-refractivity contribution is 5.73. The molecule has 2 aromatic heterocycles. The minimum atomic E-state index is -5.08. The molecule has 2 aromatic rings. The molecule has 0 saturated carbocycles. The van der Waals surface area contributed by atoms with Gasteiger partial charge in [0, 0.05) is 31.9 Å². The fourth-order valence-electron chi connectivity index (χ4n) is 3.74. The molecule has 2 N–H and O–H groups in total. The maximum Gasteiger partial charge on any atom is 0.490 e. The van der Waals surface area contributed by atoms with E-state index in [0.29, 0.717) is 13.2 Å². The number of aromatic nitrogens is 1. The van der Waals surface area contributed by atoms with Crippen LogP contribution in [0.3, 0.4) is 0 Å².